The maximum atomic E-state index is 11.1. The molecule has 3 aromatic rings. The number of aromatic nitrogens is 5. The molecule has 1 N–H and O–H groups in total. The molecule has 0 saturated carbocycles. The number of carboxylic acids is 1. The second kappa shape index (κ2) is 5.34. The van der Waals surface area contributed by atoms with Gasteiger partial charge in [0.2, 0.25) is 0 Å². The summed E-state index contributed by atoms with van der Waals surface area (Å²) in [5.74, 6) is -1.11. The Hall–Kier alpha value is -2.54. The number of hydrogen-bond acceptors (Lipinski definition) is 5. The molecule has 3 rings (SSSR count). The number of halogens is 1. The zero-order valence-corrected chi connectivity index (χ0v) is 12.7. The average molecular weight is 318 g/mol. The third kappa shape index (κ3) is 2.39. The molecule has 3 aromatic heterocycles. The summed E-state index contributed by atoms with van der Waals surface area (Å²) in [6.45, 7) is 4.01. The molecule has 8 heteroatoms. The molecule has 0 saturated heterocycles. The zero-order valence-electron chi connectivity index (χ0n) is 11.9. The quantitative estimate of drug-likeness (QED) is 0.796. The summed E-state index contributed by atoms with van der Waals surface area (Å²) in [5, 5.41) is 22.3. The molecule has 22 heavy (non-hydrogen) atoms. The predicted molar refractivity (Wildman–Crippen MR) is 80.1 cm³/mol. The third-order valence-electron chi connectivity index (χ3n) is 3.27. The molecule has 0 atom stereocenters. The highest BCUT2D eigenvalue weighted by molar-refractivity contribution is 6.38. The van der Waals surface area contributed by atoms with Gasteiger partial charge < -0.3 is 5.11 Å². The molecule has 0 spiro atoms. The van der Waals surface area contributed by atoms with Crippen LogP contribution in [0.3, 0.4) is 0 Å². The minimum Gasteiger partial charge on any atom is -0.478 e. The van der Waals surface area contributed by atoms with Gasteiger partial charge in [-0.05, 0) is 26.0 Å². The highest BCUT2D eigenvalue weighted by Gasteiger charge is 2.19. The molecule has 0 unspecified atom stereocenters. The Morgan fingerprint density at radius 2 is 2.09 bits per heavy atom. The van der Waals surface area contributed by atoms with Crippen LogP contribution in [0.25, 0.3) is 11.0 Å². The average Bonchev–Trinajstić information content (AvgIpc) is 2.78. The van der Waals surface area contributed by atoms with Crippen LogP contribution in [0.1, 0.15) is 27.4 Å². The number of nitrogens with zero attached hydrogens (tertiary/aromatic N) is 5. The van der Waals surface area contributed by atoms with Crippen molar-refractivity contribution in [3.63, 3.8) is 0 Å². The van der Waals surface area contributed by atoms with E-state index in [1.807, 2.05) is 19.1 Å². The largest absolute Gasteiger partial charge is 0.478 e. The molecule has 112 valence electrons. The number of pyridine rings is 1. The fourth-order valence-corrected chi connectivity index (χ4v) is 2.55. The van der Waals surface area contributed by atoms with Crippen LogP contribution in [-0.4, -0.2) is 36.0 Å². The van der Waals surface area contributed by atoms with Gasteiger partial charge in [0.1, 0.15) is 0 Å². The minimum atomic E-state index is -1.11. The standard InChI is InChI=1S/C14H12ClN5O2/c1-7-3-4-9(18-17-7)6-20-13-11(8(2)19-20)12(15)10(5-16-13)14(21)22/h3-5H,6H2,1-2H3,(H,21,22). The Morgan fingerprint density at radius 3 is 2.73 bits per heavy atom. The van der Waals surface area contributed by atoms with Crippen LogP contribution in [0.15, 0.2) is 18.3 Å². The number of rotatable bonds is 3. The number of carbonyl (C=O) groups is 1. The van der Waals surface area contributed by atoms with E-state index < -0.39 is 5.97 Å². The van der Waals surface area contributed by atoms with Crippen molar-refractivity contribution in [1.82, 2.24) is 25.0 Å². The second-order valence-electron chi connectivity index (χ2n) is 4.90. The van der Waals surface area contributed by atoms with E-state index in [9.17, 15) is 4.79 Å². The summed E-state index contributed by atoms with van der Waals surface area (Å²) >= 11 is 6.18. The Labute approximate surface area is 130 Å². The Balaban J connectivity index is 2.10. The molecule has 0 aliphatic heterocycles. The molecule has 0 bridgehead atoms. The van der Waals surface area contributed by atoms with Gasteiger partial charge >= 0.3 is 5.97 Å². The monoisotopic (exact) mass is 317 g/mol. The molecular formula is C14H12ClN5O2. The van der Waals surface area contributed by atoms with E-state index in [2.05, 4.69) is 20.3 Å². The van der Waals surface area contributed by atoms with Crippen LogP contribution in [0.5, 0.6) is 0 Å². The molecule has 0 aliphatic rings. The first-order valence-electron chi connectivity index (χ1n) is 6.51. The van der Waals surface area contributed by atoms with E-state index in [-0.39, 0.29) is 10.6 Å². The summed E-state index contributed by atoms with van der Waals surface area (Å²) in [5.41, 5.74) is 2.67. The summed E-state index contributed by atoms with van der Waals surface area (Å²) in [6.07, 6.45) is 1.24. The van der Waals surface area contributed by atoms with Crippen LogP contribution in [-0.2, 0) is 6.54 Å². The van der Waals surface area contributed by atoms with Crippen molar-refractivity contribution < 1.29 is 9.90 Å². The summed E-state index contributed by atoms with van der Waals surface area (Å²) < 4.78 is 1.64. The maximum Gasteiger partial charge on any atom is 0.338 e. The van der Waals surface area contributed by atoms with Gasteiger partial charge in [0.15, 0.2) is 5.65 Å². The molecule has 0 fully saturated rings. The topological polar surface area (TPSA) is 93.8 Å². The lowest BCUT2D eigenvalue weighted by molar-refractivity contribution is 0.0697. The smallest absolute Gasteiger partial charge is 0.338 e. The lowest BCUT2D eigenvalue weighted by Crippen LogP contribution is -2.06. The molecular weight excluding hydrogens is 306 g/mol. The number of aromatic carboxylic acids is 1. The van der Waals surface area contributed by atoms with Crippen LogP contribution in [0, 0.1) is 13.8 Å². The van der Waals surface area contributed by atoms with Crippen LogP contribution in [0.2, 0.25) is 5.02 Å². The summed E-state index contributed by atoms with van der Waals surface area (Å²) in [6, 6.07) is 3.72. The molecule has 0 aliphatic carbocycles. The SMILES string of the molecule is Cc1ccc(Cn2nc(C)c3c(Cl)c(C(=O)O)cnc32)nn1. The molecule has 0 radical (unpaired) electrons. The predicted octanol–water partition coefficient (Wildman–Crippen LogP) is 2.24. The zero-order chi connectivity index (χ0) is 15.9. The lowest BCUT2D eigenvalue weighted by atomic mass is 10.2. The van der Waals surface area contributed by atoms with Gasteiger partial charge in [0.25, 0.3) is 0 Å². The van der Waals surface area contributed by atoms with E-state index in [1.54, 1.807) is 11.6 Å². The summed E-state index contributed by atoms with van der Waals surface area (Å²) in [4.78, 5) is 15.3. The normalized spacial score (nSPS) is 11.0. The van der Waals surface area contributed by atoms with E-state index in [0.717, 1.165) is 11.4 Å². The molecule has 0 aromatic carbocycles. The number of aryl methyl sites for hydroxylation is 2. The lowest BCUT2D eigenvalue weighted by Gasteiger charge is -2.03. The van der Waals surface area contributed by atoms with E-state index in [4.69, 9.17) is 16.7 Å². The second-order valence-corrected chi connectivity index (χ2v) is 5.28. The Bertz CT molecular complexity index is 873. The van der Waals surface area contributed by atoms with E-state index >= 15 is 0 Å². The van der Waals surface area contributed by atoms with Gasteiger partial charge in [-0.1, -0.05) is 11.6 Å². The highest BCUT2D eigenvalue weighted by atomic mass is 35.5. The van der Waals surface area contributed by atoms with Gasteiger partial charge in [-0.15, -0.1) is 0 Å². The molecule has 0 amide bonds. The number of fused-ring (bicyclic) bond motifs is 1. The van der Waals surface area contributed by atoms with Crippen molar-refractivity contribution in [3.8, 4) is 0 Å². The van der Waals surface area contributed by atoms with Crippen molar-refractivity contribution in [1.29, 1.82) is 0 Å². The molecule has 7 nitrogen and oxygen atoms in total. The number of carboxylic acid groups (broad SMARTS) is 1. The van der Waals surface area contributed by atoms with Gasteiger partial charge in [0.05, 0.1) is 39.6 Å². The number of hydrogen-bond donors (Lipinski definition) is 1. The van der Waals surface area contributed by atoms with Gasteiger partial charge in [-0.2, -0.15) is 15.3 Å². The van der Waals surface area contributed by atoms with Gasteiger partial charge in [-0.25, -0.2) is 14.5 Å². The fraction of sp³-hybridized carbons (Fsp3) is 0.214. The van der Waals surface area contributed by atoms with Crippen molar-refractivity contribution in [2.45, 2.75) is 20.4 Å². The fourth-order valence-electron chi connectivity index (χ4n) is 2.20. The molecule has 3 heterocycles. The van der Waals surface area contributed by atoms with Crippen molar-refractivity contribution >= 4 is 28.6 Å². The van der Waals surface area contributed by atoms with Gasteiger partial charge in [-0.3, -0.25) is 0 Å². The summed E-state index contributed by atoms with van der Waals surface area (Å²) in [7, 11) is 0. The maximum absolute atomic E-state index is 11.1. The first kappa shape index (κ1) is 14.4. The van der Waals surface area contributed by atoms with Crippen molar-refractivity contribution in [3.05, 3.63) is 46.0 Å². The third-order valence-corrected chi connectivity index (χ3v) is 3.66. The Kier molecular flexibility index (Phi) is 3.50. The van der Waals surface area contributed by atoms with E-state index in [1.165, 1.54) is 6.20 Å². The van der Waals surface area contributed by atoms with Crippen molar-refractivity contribution in [2.24, 2.45) is 0 Å². The van der Waals surface area contributed by atoms with E-state index in [0.29, 0.717) is 23.3 Å². The first-order chi connectivity index (χ1) is 10.5. The van der Waals surface area contributed by atoms with Crippen LogP contribution >= 0.6 is 11.6 Å². The van der Waals surface area contributed by atoms with Crippen LogP contribution in [0.4, 0.5) is 0 Å². The minimum absolute atomic E-state index is 0.0352. The van der Waals surface area contributed by atoms with Gasteiger partial charge in [0, 0.05) is 6.20 Å². The highest BCUT2D eigenvalue weighted by Crippen LogP contribution is 2.28. The van der Waals surface area contributed by atoms with Crippen molar-refractivity contribution in [2.75, 3.05) is 0 Å². The Morgan fingerprint density at radius 1 is 1.32 bits per heavy atom. The first-order valence-corrected chi connectivity index (χ1v) is 6.89. The van der Waals surface area contributed by atoms with Crippen LogP contribution < -0.4 is 0 Å².